The number of hydrogen-bond acceptors (Lipinski definition) is 5. The largest absolute Gasteiger partial charge is 0.444 e. The van der Waals surface area contributed by atoms with Gasteiger partial charge in [0.25, 0.3) is 0 Å². The van der Waals surface area contributed by atoms with Crippen LogP contribution >= 0.6 is 0 Å². The summed E-state index contributed by atoms with van der Waals surface area (Å²) in [4.78, 5) is 16.6. The van der Waals surface area contributed by atoms with Crippen LogP contribution in [0.5, 0.6) is 0 Å². The number of nitrogens with two attached hydrogens (primary N) is 1. The first kappa shape index (κ1) is 20.6. The van der Waals surface area contributed by atoms with Crippen molar-refractivity contribution in [3.8, 4) is 0 Å². The third kappa shape index (κ3) is 4.12. The van der Waals surface area contributed by atoms with Gasteiger partial charge in [0.05, 0.1) is 17.3 Å². The fraction of sp³-hybridized carbons (Fsp3) is 0.667. The number of carbonyl (C=O) groups is 1. The fourth-order valence-corrected chi connectivity index (χ4v) is 4.85. The molecule has 168 valence electrons. The van der Waals surface area contributed by atoms with Crippen LogP contribution in [0.25, 0.3) is 10.9 Å². The van der Waals surface area contributed by atoms with Crippen LogP contribution in [-0.2, 0) is 4.74 Å². The van der Waals surface area contributed by atoms with Gasteiger partial charge in [-0.1, -0.05) is 0 Å². The number of anilines is 1. The van der Waals surface area contributed by atoms with Crippen LogP contribution in [0.2, 0.25) is 0 Å². The molecule has 1 amide bonds. The molecule has 2 heterocycles. The highest BCUT2D eigenvalue weighted by Crippen LogP contribution is 2.45. The Kier molecular flexibility index (Phi) is 5.12. The maximum atomic E-state index is 12.4. The van der Waals surface area contributed by atoms with Crippen LogP contribution in [0, 0.1) is 5.92 Å². The average molecular weight is 426 g/mol. The lowest BCUT2D eigenvalue weighted by Gasteiger charge is -2.37. The van der Waals surface area contributed by atoms with Crippen molar-refractivity contribution in [2.45, 2.75) is 64.0 Å². The second-order valence-electron chi connectivity index (χ2n) is 10.5. The summed E-state index contributed by atoms with van der Waals surface area (Å²) in [5, 5.41) is 6.40. The molecule has 3 fully saturated rings. The molecule has 2 aromatic rings. The van der Waals surface area contributed by atoms with Crippen molar-refractivity contribution >= 4 is 22.7 Å². The Morgan fingerprint density at radius 3 is 2.48 bits per heavy atom. The first-order valence-electron chi connectivity index (χ1n) is 11.8. The predicted octanol–water partition coefficient (Wildman–Crippen LogP) is 3.88. The predicted molar refractivity (Wildman–Crippen MR) is 123 cm³/mol. The van der Waals surface area contributed by atoms with Crippen LogP contribution in [0.3, 0.4) is 0 Å². The van der Waals surface area contributed by atoms with Crippen molar-refractivity contribution < 1.29 is 9.53 Å². The van der Waals surface area contributed by atoms with Gasteiger partial charge in [-0.25, -0.2) is 4.79 Å². The maximum Gasteiger partial charge on any atom is 0.410 e. The Bertz CT molecular complexity index is 960. The molecule has 0 bridgehead atoms. The van der Waals surface area contributed by atoms with Gasteiger partial charge >= 0.3 is 6.09 Å². The number of fused-ring (bicyclic) bond motifs is 1. The van der Waals surface area contributed by atoms with E-state index >= 15 is 0 Å². The van der Waals surface area contributed by atoms with Crippen LogP contribution in [-0.4, -0.2) is 59.1 Å². The Balaban J connectivity index is 1.34. The summed E-state index contributed by atoms with van der Waals surface area (Å²) in [5.41, 5.74) is 9.17. The van der Waals surface area contributed by atoms with E-state index in [1.165, 1.54) is 35.1 Å². The minimum Gasteiger partial charge on any atom is -0.444 e. The van der Waals surface area contributed by atoms with Gasteiger partial charge in [-0.05, 0) is 77.1 Å². The molecule has 0 spiro atoms. The summed E-state index contributed by atoms with van der Waals surface area (Å²) < 4.78 is 7.82. The third-order valence-corrected chi connectivity index (χ3v) is 6.87. The summed E-state index contributed by atoms with van der Waals surface area (Å²) in [6.07, 6.45) is 4.58. The van der Waals surface area contributed by atoms with E-state index in [2.05, 4.69) is 27.8 Å². The molecule has 0 unspecified atom stereocenters. The first-order valence-corrected chi connectivity index (χ1v) is 11.8. The van der Waals surface area contributed by atoms with E-state index in [0.29, 0.717) is 31.0 Å². The van der Waals surface area contributed by atoms with Crippen LogP contribution in [0.15, 0.2) is 18.2 Å². The highest BCUT2D eigenvalue weighted by Gasteiger charge is 2.35. The van der Waals surface area contributed by atoms with Crippen LogP contribution in [0.4, 0.5) is 10.5 Å². The monoisotopic (exact) mass is 425 g/mol. The minimum absolute atomic E-state index is 0.214. The van der Waals surface area contributed by atoms with Gasteiger partial charge in [-0.15, -0.1) is 0 Å². The molecule has 5 rings (SSSR count). The number of ether oxygens (including phenoxy) is 1. The number of piperazine rings is 1. The van der Waals surface area contributed by atoms with Crippen molar-refractivity contribution in [1.29, 1.82) is 0 Å². The lowest BCUT2D eigenvalue weighted by atomic mass is 9.80. The van der Waals surface area contributed by atoms with Crippen molar-refractivity contribution in [3.63, 3.8) is 0 Å². The smallest absolute Gasteiger partial charge is 0.410 e. The molecule has 0 radical (unpaired) electrons. The average Bonchev–Trinajstić information content (AvgIpc) is 3.48. The summed E-state index contributed by atoms with van der Waals surface area (Å²) in [6, 6.07) is 7.28. The zero-order chi connectivity index (χ0) is 21.8. The standard InChI is InChI=1S/C24H35N5O2/c1-24(2,3)31-23(30)28-10-8-27(9-11-28)18-6-7-20-21(14-18)29(19-12-16(13-19)15-25)26-22(20)17-4-5-17/h6-7,14,16-17,19H,4-5,8-13,15,25H2,1-3H3. The normalized spacial score (nSPS) is 24.4. The fourth-order valence-electron chi connectivity index (χ4n) is 4.85. The zero-order valence-corrected chi connectivity index (χ0v) is 19.0. The molecule has 2 N–H and O–H groups in total. The molecule has 0 atom stereocenters. The van der Waals surface area contributed by atoms with E-state index in [0.717, 1.165) is 32.5 Å². The van der Waals surface area contributed by atoms with Gasteiger partial charge < -0.3 is 20.3 Å². The molecular weight excluding hydrogens is 390 g/mol. The molecule has 1 aromatic heterocycles. The molecule has 1 aliphatic heterocycles. The molecule has 7 heteroatoms. The van der Waals surface area contributed by atoms with Gasteiger partial charge in [-0.3, -0.25) is 4.68 Å². The quantitative estimate of drug-likeness (QED) is 0.804. The van der Waals surface area contributed by atoms with Crippen molar-refractivity contribution in [3.05, 3.63) is 23.9 Å². The first-order chi connectivity index (χ1) is 14.8. The highest BCUT2D eigenvalue weighted by molar-refractivity contribution is 5.86. The number of rotatable bonds is 4. The summed E-state index contributed by atoms with van der Waals surface area (Å²) in [5.74, 6) is 1.27. The van der Waals surface area contributed by atoms with E-state index in [1.54, 1.807) is 0 Å². The second kappa shape index (κ2) is 7.69. The van der Waals surface area contributed by atoms with Crippen LogP contribution in [0.1, 0.15) is 64.1 Å². The molecule has 1 aromatic carbocycles. The number of nitrogens with zero attached hydrogens (tertiary/aromatic N) is 4. The van der Waals surface area contributed by atoms with Gasteiger partial charge in [-0.2, -0.15) is 5.10 Å². The molecule has 2 saturated carbocycles. The third-order valence-electron chi connectivity index (χ3n) is 6.87. The maximum absolute atomic E-state index is 12.4. The summed E-state index contributed by atoms with van der Waals surface area (Å²) in [7, 11) is 0. The zero-order valence-electron chi connectivity index (χ0n) is 19.0. The van der Waals surface area contributed by atoms with E-state index in [-0.39, 0.29) is 6.09 Å². The van der Waals surface area contributed by atoms with E-state index in [1.807, 2.05) is 25.7 Å². The second-order valence-corrected chi connectivity index (χ2v) is 10.5. The van der Waals surface area contributed by atoms with Gasteiger partial charge in [0, 0.05) is 43.2 Å². The molecule has 3 aliphatic rings. The summed E-state index contributed by atoms with van der Waals surface area (Å²) in [6.45, 7) is 9.49. The van der Waals surface area contributed by atoms with Gasteiger partial charge in [0.1, 0.15) is 5.60 Å². The van der Waals surface area contributed by atoms with Crippen LogP contribution < -0.4 is 10.6 Å². The lowest BCUT2D eigenvalue weighted by molar-refractivity contribution is 0.0240. The topological polar surface area (TPSA) is 76.6 Å². The lowest BCUT2D eigenvalue weighted by Crippen LogP contribution is -2.50. The van der Waals surface area contributed by atoms with Gasteiger partial charge in [0.15, 0.2) is 0 Å². The molecule has 2 aliphatic carbocycles. The Hall–Kier alpha value is -2.28. The molecule has 7 nitrogen and oxygen atoms in total. The van der Waals surface area contributed by atoms with Crippen molar-refractivity contribution in [2.75, 3.05) is 37.6 Å². The van der Waals surface area contributed by atoms with E-state index in [4.69, 9.17) is 15.6 Å². The Morgan fingerprint density at radius 2 is 1.87 bits per heavy atom. The number of carbonyl (C=O) groups excluding carboxylic acids is 1. The molecule has 1 saturated heterocycles. The van der Waals surface area contributed by atoms with E-state index in [9.17, 15) is 4.79 Å². The number of aromatic nitrogens is 2. The SMILES string of the molecule is CC(C)(C)OC(=O)N1CCN(c2ccc3c(C4CC4)nn(C4CC(CN)C4)c3c2)CC1. The van der Waals surface area contributed by atoms with Crippen molar-refractivity contribution in [1.82, 2.24) is 14.7 Å². The number of amides is 1. The number of benzene rings is 1. The van der Waals surface area contributed by atoms with Gasteiger partial charge in [0.2, 0.25) is 0 Å². The molecular formula is C24H35N5O2. The summed E-state index contributed by atoms with van der Waals surface area (Å²) >= 11 is 0. The molecule has 31 heavy (non-hydrogen) atoms. The Labute approximate surface area is 184 Å². The Morgan fingerprint density at radius 1 is 1.16 bits per heavy atom. The highest BCUT2D eigenvalue weighted by atomic mass is 16.6. The minimum atomic E-state index is -0.457. The van der Waals surface area contributed by atoms with Crippen molar-refractivity contribution in [2.24, 2.45) is 11.7 Å². The number of hydrogen-bond donors (Lipinski definition) is 1. The van der Waals surface area contributed by atoms with E-state index < -0.39 is 5.60 Å².